The Labute approximate surface area is 156 Å². The molecule has 0 aliphatic carbocycles. The summed E-state index contributed by atoms with van der Waals surface area (Å²) in [5.41, 5.74) is -0.323. The summed E-state index contributed by atoms with van der Waals surface area (Å²) >= 11 is 5.88. The summed E-state index contributed by atoms with van der Waals surface area (Å²) < 4.78 is 14.0. The third-order valence-corrected chi connectivity index (χ3v) is 4.64. The van der Waals surface area contributed by atoms with Crippen molar-refractivity contribution in [2.75, 3.05) is 13.1 Å². The Morgan fingerprint density at radius 1 is 1.28 bits per heavy atom. The molecule has 1 saturated heterocycles. The zero-order chi connectivity index (χ0) is 17.2. The number of hydrogen-bond donors (Lipinski definition) is 3. The van der Waals surface area contributed by atoms with Crippen molar-refractivity contribution in [3.63, 3.8) is 0 Å². The molecular formula is C18H19Cl2FN2O2. The number of halogens is 3. The van der Waals surface area contributed by atoms with Crippen molar-refractivity contribution in [2.24, 2.45) is 0 Å². The lowest BCUT2D eigenvalue weighted by Crippen LogP contribution is -2.61. The fourth-order valence-electron chi connectivity index (χ4n) is 3.10. The van der Waals surface area contributed by atoms with Crippen LogP contribution in [0.25, 0.3) is 0 Å². The van der Waals surface area contributed by atoms with Gasteiger partial charge in [0.1, 0.15) is 5.82 Å². The first kappa shape index (κ1) is 19.7. The van der Waals surface area contributed by atoms with Crippen molar-refractivity contribution >= 4 is 29.9 Å². The standard InChI is InChI=1S/C18H18ClFN2O2.ClH/c19-13-6-7-15(20)14(10-13)17(24)22-18(8-9-21-11-16(18)23)12-4-2-1-3-5-12;/h1-7,10,16,21,23H,8-9,11H2,(H,22,24);1H/t16-,18+;/m1./s1. The summed E-state index contributed by atoms with van der Waals surface area (Å²) in [4.78, 5) is 12.7. The van der Waals surface area contributed by atoms with Crippen LogP contribution in [0.5, 0.6) is 0 Å². The van der Waals surface area contributed by atoms with Crippen LogP contribution >= 0.6 is 24.0 Å². The first-order valence-electron chi connectivity index (χ1n) is 7.75. The number of benzene rings is 2. The van der Waals surface area contributed by atoms with Crippen molar-refractivity contribution in [2.45, 2.75) is 18.1 Å². The Morgan fingerprint density at radius 2 is 2.00 bits per heavy atom. The van der Waals surface area contributed by atoms with E-state index in [0.717, 1.165) is 11.6 Å². The molecule has 0 bridgehead atoms. The number of carbonyl (C=O) groups is 1. The lowest BCUT2D eigenvalue weighted by atomic mass is 9.79. The van der Waals surface area contributed by atoms with E-state index in [0.29, 0.717) is 19.5 Å². The number of amides is 1. The lowest BCUT2D eigenvalue weighted by molar-refractivity contribution is 0.0288. The van der Waals surface area contributed by atoms with Gasteiger partial charge in [-0.1, -0.05) is 41.9 Å². The number of rotatable bonds is 3. The second-order valence-electron chi connectivity index (χ2n) is 5.89. The second kappa shape index (κ2) is 8.15. The molecule has 1 aliphatic heterocycles. The van der Waals surface area contributed by atoms with E-state index < -0.39 is 23.4 Å². The van der Waals surface area contributed by atoms with Crippen LogP contribution in [-0.4, -0.2) is 30.2 Å². The summed E-state index contributed by atoms with van der Waals surface area (Å²) in [7, 11) is 0. The normalized spacial score (nSPS) is 22.8. The van der Waals surface area contributed by atoms with Crippen molar-refractivity contribution in [3.8, 4) is 0 Å². The van der Waals surface area contributed by atoms with Crippen LogP contribution in [0.15, 0.2) is 48.5 Å². The van der Waals surface area contributed by atoms with Crippen LogP contribution in [-0.2, 0) is 5.54 Å². The summed E-state index contributed by atoms with van der Waals surface area (Å²) in [6.45, 7) is 0.970. The van der Waals surface area contributed by atoms with Crippen LogP contribution < -0.4 is 10.6 Å². The molecule has 2 aromatic carbocycles. The zero-order valence-corrected chi connectivity index (χ0v) is 14.9. The van der Waals surface area contributed by atoms with Crippen LogP contribution in [0.1, 0.15) is 22.3 Å². The first-order chi connectivity index (χ1) is 11.5. The van der Waals surface area contributed by atoms with E-state index in [1.807, 2.05) is 30.3 Å². The minimum absolute atomic E-state index is 0. The van der Waals surface area contributed by atoms with Crippen LogP contribution in [0.4, 0.5) is 4.39 Å². The molecule has 0 radical (unpaired) electrons. The van der Waals surface area contributed by atoms with Crippen LogP contribution in [0.3, 0.4) is 0 Å². The highest BCUT2D eigenvalue weighted by Gasteiger charge is 2.43. The Balaban J connectivity index is 0.00000225. The topological polar surface area (TPSA) is 61.4 Å². The molecule has 1 aliphatic rings. The van der Waals surface area contributed by atoms with Gasteiger partial charge in [0.2, 0.25) is 0 Å². The predicted octanol–water partition coefficient (Wildman–Crippen LogP) is 2.88. The van der Waals surface area contributed by atoms with Crippen molar-refractivity contribution in [1.82, 2.24) is 10.6 Å². The summed E-state index contributed by atoms with van der Waals surface area (Å²) in [5, 5.41) is 16.8. The average Bonchev–Trinajstić information content (AvgIpc) is 2.60. The molecule has 4 nitrogen and oxygen atoms in total. The molecule has 2 aromatic rings. The number of piperidine rings is 1. The third kappa shape index (κ3) is 3.96. The Hall–Kier alpha value is -1.66. The van der Waals surface area contributed by atoms with Gasteiger partial charge in [-0.05, 0) is 36.7 Å². The van der Waals surface area contributed by atoms with Gasteiger partial charge in [-0.3, -0.25) is 4.79 Å². The first-order valence-corrected chi connectivity index (χ1v) is 8.12. The smallest absolute Gasteiger partial charge is 0.255 e. The molecule has 3 rings (SSSR count). The number of aliphatic hydroxyl groups is 1. The molecule has 134 valence electrons. The largest absolute Gasteiger partial charge is 0.389 e. The molecule has 0 spiro atoms. The molecule has 1 fully saturated rings. The van der Waals surface area contributed by atoms with E-state index in [1.54, 1.807) is 0 Å². The molecule has 1 amide bonds. The highest BCUT2D eigenvalue weighted by Crippen LogP contribution is 2.31. The summed E-state index contributed by atoms with van der Waals surface area (Å²) in [6, 6.07) is 13.1. The predicted molar refractivity (Wildman–Crippen MR) is 97.7 cm³/mol. The second-order valence-corrected chi connectivity index (χ2v) is 6.32. The minimum atomic E-state index is -0.974. The molecule has 0 unspecified atom stereocenters. The maximum atomic E-state index is 14.0. The Bertz CT molecular complexity index is 745. The zero-order valence-electron chi connectivity index (χ0n) is 13.3. The molecule has 25 heavy (non-hydrogen) atoms. The van der Waals surface area contributed by atoms with Crippen molar-refractivity contribution in [3.05, 3.63) is 70.5 Å². The quantitative estimate of drug-likeness (QED) is 0.762. The Kier molecular flexibility index (Phi) is 6.41. The summed E-state index contributed by atoms with van der Waals surface area (Å²) in [5.74, 6) is -1.25. The van der Waals surface area contributed by atoms with Gasteiger partial charge in [-0.15, -0.1) is 12.4 Å². The number of carbonyl (C=O) groups excluding carboxylic acids is 1. The van der Waals surface area contributed by atoms with E-state index in [9.17, 15) is 14.3 Å². The number of aliphatic hydroxyl groups excluding tert-OH is 1. The van der Waals surface area contributed by atoms with E-state index in [1.165, 1.54) is 12.1 Å². The van der Waals surface area contributed by atoms with Gasteiger partial charge in [0.05, 0.1) is 17.2 Å². The van der Waals surface area contributed by atoms with Crippen LogP contribution in [0, 0.1) is 5.82 Å². The van der Waals surface area contributed by atoms with Gasteiger partial charge in [0.25, 0.3) is 5.91 Å². The lowest BCUT2D eigenvalue weighted by Gasteiger charge is -2.43. The van der Waals surface area contributed by atoms with E-state index in [-0.39, 0.29) is 23.0 Å². The maximum absolute atomic E-state index is 14.0. The van der Waals surface area contributed by atoms with Gasteiger partial charge in [-0.25, -0.2) is 4.39 Å². The van der Waals surface area contributed by atoms with Gasteiger partial charge in [0, 0.05) is 11.6 Å². The van der Waals surface area contributed by atoms with Gasteiger partial charge >= 0.3 is 0 Å². The van der Waals surface area contributed by atoms with E-state index >= 15 is 0 Å². The number of β-amino-alcohol motifs (C(OH)–C–C–N with tert-alkyl or cyclic N) is 1. The molecule has 7 heteroatoms. The van der Waals surface area contributed by atoms with E-state index in [4.69, 9.17) is 11.6 Å². The molecule has 1 heterocycles. The minimum Gasteiger partial charge on any atom is -0.389 e. The van der Waals surface area contributed by atoms with Crippen LogP contribution in [0.2, 0.25) is 5.02 Å². The fraction of sp³-hybridized carbons (Fsp3) is 0.278. The molecule has 0 aromatic heterocycles. The highest BCUT2D eigenvalue weighted by molar-refractivity contribution is 6.31. The fourth-order valence-corrected chi connectivity index (χ4v) is 3.27. The van der Waals surface area contributed by atoms with Gasteiger partial charge in [-0.2, -0.15) is 0 Å². The SMILES string of the molecule is Cl.O=C(N[C@]1(c2ccccc2)CCNC[C@H]1O)c1cc(Cl)ccc1F. The summed E-state index contributed by atoms with van der Waals surface area (Å²) in [6.07, 6.45) is -0.341. The molecule has 2 atom stereocenters. The molecule has 0 saturated carbocycles. The Morgan fingerprint density at radius 3 is 2.68 bits per heavy atom. The number of nitrogens with one attached hydrogen (secondary N) is 2. The molecular weight excluding hydrogens is 366 g/mol. The number of hydrogen-bond acceptors (Lipinski definition) is 3. The van der Waals surface area contributed by atoms with E-state index in [2.05, 4.69) is 10.6 Å². The average molecular weight is 385 g/mol. The highest BCUT2D eigenvalue weighted by atomic mass is 35.5. The monoisotopic (exact) mass is 384 g/mol. The van der Waals surface area contributed by atoms with Gasteiger partial charge in [0.15, 0.2) is 0 Å². The van der Waals surface area contributed by atoms with Gasteiger partial charge < -0.3 is 15.7 Å². The van der Waals surface area contributed by atoms with Crippen molar-refractivity contribution < 1.29 is 14.3 Å². The maximum Gasteiger partial charge on any atom is 0.255 e. The van der Waals surface area contributed by atoms with Crippen molar-refractivity contribution in [1.29, 1.82) is 0 Å². The molecule has 3 N–H and O–H groups in total. The third-order valence-electron chi connectivity index (χ3n) is 4.40.